The highest BCUT2D eigenvalue weighted by atomic mass is 16.6. The second-order valence-electron chi connectivity index (χ2n) is 6.97. The summed E-state index contributed by atoms with van der Waals surface area (Å²) in [5.41, 5.74) is 6.21. The first-order chi connectivity index (χ1) is 11.6. The van der Waals surface area contributed by atoms with Crippen molar-refractivity contribution in [1.29, 1.82) is 0 Å². The number of hydrogen-bond donors (Lipinski definition) is 3. The van der Waals surface area contributed by atoms with Crippen molar-refractivity contribution in [3.05, 3.63) is 24.3 Å². The molecule has 1 aromatic carbocycles. The van der Waals surface area contributed by atoms with Crippen molar-refractivity contribution in [2.24, 2.45) is 5.73 Å². The van der Waals surface area contributed by atoms with Crippen LogP contribution in [0.4, 0.5) is 16.2 Å². The molecule has 2 unspecified atom stereocenters. The van der Waals surface area contributed by atoms with Crippen LogP contribution in [0.2, 0.25) is 0 Å². The second-order valence-corrected chi connectivity index (χ2v) is 6.97. The monoisotopic (exact) mass is 348 g/mol. The number of rotatable bonds is 4. The highest BCUT2D eigenvalue weighted by molar-refractivity contribution is 6.03. The molecule has 0 fully saturated rings. The van der Waals surface area contributed by atoms with E-state index in [1.165, 1.54) is 0 Å². The molecule has 1 aliphatic rings. The van der Waals surface area contributed by atoms with E-state index in [-0.39, 0.29) is 12.3 Å². The summed E-state index contributed by atoms with van der Waals surface area (Å²) in [5.74, 6) is -0.996. The molecule has 0 radical (unpaired) electrons. The van der Waals surface area contributed by atoms with Gasteiger partial charge in [0.25, 0.3) is 0 Å². The number of hydrogen-bond acceptors (Lipinski definition) is 5. The van der Waals surface area contributed by atoms with Gasteiger partial charge in [0.2, 0.25) is 11.8 Å². The van der Waals surface area contributed by atoms with E-state index in [1.54, 1.807) is 38.8 Å². The van der Waals surface area contributed by atoms with Gasteiger partial charge in [-0.15, -0.1) is 0 Å². The molecule has 0 saturated carbocycles. The van der Waals surface area contributed by atoms with Crippen LogP contribution in [0.3, 0.4) is 0 Å². The number of anilines is 2. The van der Waals surface area contributed by atoms with Crippen LogP contribution in [0.15, 0.2) is 24.3 Å². The first-order valence-corrected chi connectivity index (χ1v) is 8.00. The Balaban J connectivity index is 2.13. The first-order valence-electron chi connectivity index (χ1n) is 8.00. The molecule has 1 aliphatic heterocycles. The quantitative estimate of drug-likeness (QED) is 0.757. The number of fused-ring (bicyclic) bond motifs is 1. The number of ether oxygens (including phenoxy) is 1. The minimum Gasteiger partial charge on any atom is -0.444 e. The fourth-order valence-corrected chi connectivity index (χ4v) is 2.63. The molecule has 2 rings (SSSR count). The zero-order valence-electron chi connectivity index (χ0n) is 14.8. The van der Waals surface area contributed by atoms with Crippen molar-refractivity contribution >= 4 is 29.3 Å². The van der Waals surface area contributed by atoms with Gasteiger partial charge in [0.15, 0.2) is 0 Å². The summed E-state index contributed by atoms with van der Waals surface area (Å²) in [6.07, 6.45) is -0.721. The van der Waals surface area contributed by atoms with Gasteiger partial charge in [0, 0.05) is 13.5 Å². The van der Waals surface area contributed by atoms with Crippen molar-refractivity contribution < 1.29 is 19.1 Å². The normalized spacial score (nSPS) is 18.0. The maximum absolute atomic E-state index is 12.4. The second kappa shape index (κ2) is 7.00. The van der Waals surface area contributed by atoms with Gasteiger partial charge in [-0.05, 0) is 32.9 Å². The van der Waals surface area contributed by atoms with Gasteiger partial charge in [-0.25, -0.2) is 4.79 Å². The third kappa shape index (κ3) is 4.62. The van der Waals surface area contributed by atoms with Crippen LogP contribution in [0.1, 0.15) is 27.2 Å². The Kier molecular flexibility index (Phi) is 5.20. The average molecular weight is 348 g/mol. The zero-order valence-corrected chi connectivity index (χ0v) is 14.8. The van der Waals surface area contributed by atoms with E-state index in [9.17, 15) is 14.4 Å². The molecule has 8 heteroatoms. The smallest absolute Gasteiger partial charge is 0.408 e. The lowest BCUT2D eigenvalue weighted by molar-refractivity contribution is -0.121. The fourth-order valence-electron chi connectivity index (χ4n) is 2.63. The third-order valence-electron chi connectivity index (χ3n) is 3.81. The standard InChI is InChI=1S/C17H24N4O4/c1-17(2,3)25-16(24)20-11(14(18)22)9-13-15(23)19-10-7-5-6-8-12(10)21(13)4/h5-8,11,13H,9H2,1-4H3,(H2,18,22)(H,19,23)(H,20,24). The maximum atomic E-state index is 12.4. The summed E-state index contributed by atoms with van der Waals surface area (Å²) in [7, 11) is 1.76. The maximum Gasteiger partial charge on any atom is 0.408 e. The Morgan fingerprint density at radius 1 is 1.36 bits per heavy atom. The van der Waals surface area contributed by atoms with Crippen molar-refractivity contribution in [3.8, 4) is 0 Å². The fraction of sp³-hybridized carbons (Fsp3) is 0.471. The molecule has 136 valence electrons. The number of nitrogens with one attached hydrogen (secondary N) is 2. The third-order valence-corrected chi connectivity index (χ3v) is 3.81. The predicted octanol–water partition coefficient (Wildman–Crippen LogP) is 1.21. The number of likely N-dealkylation sites (N-methyl/N-ethyl adjacent to an activating group) is 1. The molecular weight excluding hydrogens is 324 g/mol. The van der Waals surface area contributed by atoms with Gasteiger partial charge in [-0.1, -0.05) is 12.1 Å². The van der Waals surface area contributed by atoms with Gasteiger partial charge in [0.05, 0.1) is 11.4 Å². The molecule has 4 N–H and O–H groups in total. The van der Waals surface area contributed by atoms with E-state index >= 15 is 0 Å². The number of para-hydroxylation sites is 2. The van der Waals surface area contributed by atoms with Gasteiger partial charge in [0.1, 0.15) is 17.7 Å². The number of benzene rings is 1. The summed E-state index contributed by atoms with van der Waals surface area (Å²) < 4.78 is 5.15. The number of nitrogens with two attached hydrogens (primary N) is 1. The lowest BCUT2D eigenvalue weighted by Gasteiger charge is -2.36. The van der Waals surface area contributed by atoms with E-state index in [2.05, 4.69) is 10.6 Å². The van der Waals surface area contributed by atoms with Gasteiger partial charge in [-0.3, -0.25) is 9.59 Å². The highest BCUT2D eigenvalue weighted by Gasteiger charge is 2.35. The molecule has 0 aromatic heterocycles. The van der Waals surface area contributed by atoms with Crippen LogP contribution in [-0.4, -0.2) is 42.6 Å². The molecule has 8 nitrogen and oxygen atoms in total. The molecule has 2 atom stereocenters. The molecule has 0 saturated heterocycles. The number of alkyl carbamates (subject to hydrolysis) is 1. The minimum atomic E-state index is -1.03. The molecular formula is C17H24N4O4. The Hall–Kier alpha value is -2.77. The Bertz CT molecular complexity index is 683. The summed E-state index contributed by atoms with van der Waals surface area (Å²) in [6.45, 7) is 5.14. The summed E-state index contributed by atoms with van der Waals surface area (Å²) in [6, 6.07) is 5.66. The molecule has 1 aromatic rings. The van der Waals surface area contributed by atoms with Crippen LogP contribution in [-0.2, 0) is 14.3 Å². The van der Waals surface area contributed by atoms with Crippen molar-refractivity contribution in [1.82, 2.24) is 5.32 Å². The number of carbonyl (C=O) groups is 3. The molecule has 0 bridgehead atoms. The van der Waals surface area contributed by atoms with E-state index in [1.807, 2.05) is 18.2 Å². The number of carbonyl (C=O) groups excluding carboxylic acids is 3. The van der Waals surface area contributed by atoms with Crippen LogP contribution < -0.4 is 21.3 Å². The van der Waals surface area contributed by atoms with E-state index in [0.29, 0.717) is 5.69 Å². The lowest BCUT2D eigenvalue weighted by atomic mass is 10.0. The van der Waals surface area contributed by atoms with Crippen molar-refractivity contribution in [2.75, 3.05) is 17.3 Å². The Morgan fingerprint density at radius 2 is 2.00 bits per heavy atom. The molecule has 25 heavy (non-hydrogen) atoms. The Labute approximate surface area is 146 Å². The first kappa shape index (κ1) is 18.6. The van der Waals surface area contributed by atoms with Crippen molar-refractivity contribution in [3.63, 3.8) is 0 Å². The molecule has 0 spiro atoms. The molecule has 1 heterocycles. The summed E-state index contributed by atoms with van der Waals surface area (Å²) in [5, 5.41) is 5.24. The largest absolute Gasteiger partial charge is 0.444 e. The summed E-state index contributed by atoms with van der Waals surface area (Å²) >= 11 is 0. The highest BCUT2D eigenvalue weighted by Crippen LogP contribution is 2.31. The number of amides is 3. The van der Waals surface area contributed by atoms with E-state index < -0.39 is 29.7 Å². The van der Waals surface area contributed by atoms with Crippen LogP contribution in [0.5, 0.6) is 0 Å². The van der Waals surface area contributed by atoms with Crippen LogP contribution >= 0.6 is 0 Å². The van der Waals surface area contributed by atoms with Gasteiger partial charge < -0.3 is 26.0 Å². The average Bonchev–Trinajstić information content (AvgIpc) is 2.48. The SMILES string of the molecule is CN1c2ccccc2NC(=O)C1CC(NC(=O)OC(C)(C)C)C(N)=O. The predicted molar refractivity (Wildman–Crippen MR) is 94.2 cm³/mol. The lowest BCUT2D eigenvalue weighted by Crippen LogP contribution is -2.54. The van der Waals surface area contributed by atoms with Gasteiger partial charge >= 0.3 is 6.09 Å². The summed E-state index contributed by atoms with van der Waals surface area (Å²) in [4.78, 5) is 37.8. The van der Waals surface area contributed by atoms with E-state index in [0.717, 1.165) is 5.69 Å². The molecule has 3 amide bonds. The number of nitrogens with zero attached hydrogens (tertiary/aromatic N) is 1. The van der Waals surface area contributed by atoms with Crippen LogP contribution in [0.25, 0.3) is 0 Å². The van der Waals surface area contributed by atoms with Crippen molar-refractivity contribution in [2.45, 2.75) is 44.9 Å². The molecule has 0 aliphatic carbocycles. The Morgan fingerprint density at radius 3 is 2.60 bits per heavy atom. The topological polar surface area (TPSA) is 114 Å². The van der Waals surface area contributed by atoms with Crippen LogP contribution in [0, 0.1) is 0 Å². The van der Waals surface area contributed by atoms with Gasteiger partial charge in [-0.2, -0.15) is 0 Å². The number of primary amides is 1. The van der Waals surface area contributed by atoms with E-state index in [4.69, 9.17) is 10.5 Å². The zero-order chi connectivity index (χ0) is 18.8. The minimum absolute atomic E-state index is 0.0330.